The van der Waals surface area contributed by atoms with Crippen LogP contribution in [-0.4, -0.2) is 35.1 Å². The molecule has 1 rings (SSSR count). The fourth-order valence-electron chi connectivity index (χ4n) is 1.43. The van der Waals surface area contributed by atoms with E-state index in [4.69, 9.17) is 15.2 Å². The SMILES string of the molecule is CCOC(=O)C(=CNc1cc(N)nc(C)n1)C(=O)OCC. The van der Waals surface area contributed by atoms with Gasteiger partial charge in [0.2, 0.25) is 0 Å². The summed E-state index contributed by atoms with van der Waals surface area (Å²) in [7, 11) is 0. The molecule has 0 bridgehead atoms. The predicted octanol–water partition coefficient (Wildman–Crippen LogP) is 0.789. The number of ether oxygens (including phenoxy) is 2. The lowest BCUT2D eigenvalue weighted by Gasteiger charge is -2.08. The zero-order valence-corrected chi connectivity index (χ0v) is 12.2. The van der Waals surface area contributed by atoms with Crippen LogP contribution in [0.25, 0.3) is 0 Å². The second-order valence-corrected chi connectivity index (χ2v) is 3.87. The van der Waals surface area contributed by atoms with Gasteiger partial charge < -0.3 is 20.5 Å². The van der Waals surface area contributed by atoms with Gasteiger partial charge in [0.1, 0.15) is 17.5 Å². The molecule has 0 aliphatic carbocycles. The van der Waals surface area contributed by atoms with Crippen molar-refractivity contribution < 1.29 is 19.1 Å². The van der Waals surface area contributed by atoms with Crippen molar-refractivity contribution >= 4 is 23.6 Å². The largest absolute Gasteiger partial charge is 0.462 e. The second-order valence-electron chi connectivity index (χ2n) is 3.87. The Hall–Kier alpha value is -2.64. The Bertz CT molecular complexity index is 517. The van der Waals surface area contributed by atoms with E-state index in [-0.39, 0.29) is 24.6 Å². The number of nitrogen functional groups attached to an aromatic ring is 1. The van der Waals surface area contributed by atoms with E-state index in [1.54, 1.807) is 20.8 Å². The maximum Gasteiger partial charge on any atom is 0.347 e. The van der Waals surface area contributed by atoms with E-state index in [0.29, 0.717) is 11.6 Å². The molecule has 0 saturated carbocycles. The van der Waals surface area contributed by atoms with Crippen LogP contribution in [0.5, 0.6) is 0 Å². The first-order valence-electron chi connectivity index (χ1n) is 6.40. The molecule has 3 N–H and O–H groups in total. The van der Waals surface area contributed by atoms with E-state index < -0.39 is 11.9 Å². The number of nitrogens with zero attached hydrogens (tertiary/aromatic N) is 2. The summed E-state index contributed by atoms with van der Waals surface area (Å²) >= 11 is 0. The molecule has 114 valence electrons. The van der Waals surface area contributed by atoms with E-state index in [1.165, 1.54) is 12.3 Å². The fourth-order valence-corrected chi connectivity index (χ4v) is 1.43. The summed E-state index contributed by atoms with van der Waals surface area (Å²) in [6.07, 6.45) is 1.18. The molecule has 1 aromatic heterocycles. The van der Waals surface area contributed by atoms with Gasteiger partial charge in [0.05, 0.1) is 13.2 Å². The van der Waals surface area contributed by atoms with E-state index in [2.05, 4.69) is 15.3 Å². The highest BCUT2D eigenvalue weighted by atomic mass is 16.6. The van der Waals surface area contributed by atoms with Gasteiger partial charge in [-0.25, -0.2) is 19.6 Å². The van der Waals surface area contributed by atoms with Crippen LogP contribution in [0, 0.1) is 6.92 Å². The molecule has 0 aliphatic heterocycles. The smallest absolute Gasteiger partial charge is 0.347 e. The molecule has 0 radical (unpaired) electrons. The van der Waals surface area contributed by atoms with E-state index in [9.17, 15) is 9.59 Å². The van der Waals surface area contributed by atoms with Crippen molar-refractivity contribution in [1.82, 2.24) is 9.97 Å². The topological polar surface area (TPSA) is 116 Å². The molecule has 8 heteroatoms. The number of hydrogen-bond acceptors (Lipinski definition) is 8. The third-order valence-electron chi connectivity index (χ3n) is 2.21. The molecule has 0 atom stereocenters. The monoisotopic (exact) mass is 294 g/mol. The number of nitrogens with one attached hydrogen (secondary N) is 1. The van der Waals surface area contributed by atoms with Crippen LogP contribution in [0.4, 0.5) is 11.6 Å². The molecule has 0 aromatic carbocycles. The minimum Gasteiger partial charge on any atom is -0.462 e. The highest BCUT2D eigenvalue weighted by molar-refractivity contribution is 6.14. The van der Waals surface area contributed by atoms with Crippen LogP contribution in [0.15, 0.2) is 17.8 Å². The third-order valence-corrected chi connectivity index (χ3v) is 2.21. The molecule has 1 heterocycles. The highest BCUT2D eigenvalue weighted by Crippen LogP contribution is 2.09. The molecule has 0 fully saturated rings. The average Bonchev–Trinajstić information content (AvgIpc) is 2.38. The number of aromatic nitrogens is 2. The van der Waals surface area contributed by atoms with Gasteiger partial charge >= 0.3 is 11.9 Å². The molecule has 0 spiro atoms. The summed E-state index contributed by atoms with van der Waals surface area (Å²) in [4.78, 5) is 31.4. The standard InChI is InChI=1S/C13H18N4O4/c1-4-20-12(18)9(13(19)21-5-2)7-15-11-6-10(14)16-8(3)17-11/h6-7H,4-5H2,1-3H3,(H3,14,15,16,17). The minimum absolute atomic E-state index is 0.148. The summed E-state index contributed by atoms with van der Waals surface area (Å²) in [5, 5.41) is 2.71. The van der Waals surface area contributed by atoms with Crippen LogP contribution in [0.3, 0.4) is 0 Å². The van der Waals surface area contributed by atoms with Crippen LogP contribution in [-0.2, 0) is 19.1 Å². The van der Waals surface area contributed by atoms with Crippen LogP contribution < -0.4 is 11.1 Å². The van der Waals surface area contributed by atoms with Gasteiger partial charge in [0.25, 0.3) is 0 Å². The summed E-state index contributed by atoms with van der Waals surface area (Å²) in [5.41, 5.74) is 5.33. The zero-order valence-electron chi connectivity index (χ0n) is 12.2. The Morgan fingerprint density at radius 2 is 1.81 bits per heavy atom. The van der Waals surface area contributed by atoms with Gasteiger partial charge in [-0.15, -0.1) is 0 Å². The number of carbonyl (C=O) groups excluding carboxylic acids is 2. The molecular weight excluding hydrogens is 276 g/mol. The highest BCUT2D eigenvalue weighted by Gasteiger charge is 2.21. The maximum absolute atomic E-state index is 11.7. The first kappa shape index (κ1) is 16.4. The van der Waals surface area contributed by atoms with Gasteiger partial charge in [0, 0.05) is 12.3 Å². The van der Waals surface area contributed by atoms with Gasteiger partial charge in [-0.05, 0) is 20.8 Å². The van der Waals surface area contributed by atoms with Crippen LogP contribution in [0.2, 0.25) is 0 Å². The van der Waals surface area contributed by atoms with Crippen molar-refractivity contribution in [3.05, 3.63) is 23.7 Å². The number of carbonyl (C=O) groups is 2. The normalized spacial score (nSPS) is 9.67. The number of rotatable bonds is 6. The van der Waals surface area contributed by atoms with E-state index in [1.807, 2.05) is 0 Å². The Morgan fingerprint density at radius 3 is 2.29 bits per heavy atom. The van der Waals surface area contributed by atoms with E-state index >= 15 is 0 Å². The number of esters is 2. The summed E-state index contributed by atoms with van der Waals surface area (Å²) < 4.78 is 9.60. The lowest BCUT2D eigenvalue weighted by molar-refractivity contribution is -0.146. The number of hydrogen-bond donors (Lipinski definition) is 2. The minimum atomic E-state index is -0.776. The number of nitrogens with two attached hydrogens (primary N) is 1. The van der Waals surface area contributed by atoms with Crippen molar-refractivity contribution in [3.63, 3.8) is 0 Å². The molecule has 0 aliphatic rings. The van der Waals surface area contributed by atoms with Crippen molar-refractivity contribution in [2.45, 2.75) is 20.8 Å². The Kier molecular flexibility index (Phi) is 6.12. The van der Waals surface area contributed by atoms with E-state index in [0.717, 1.165) is 0 Å². The van der Waals surface area contributed by atoms with Gasteiger partial charge in [-0.3, -0.25) is 0 Å². The number of anilines is 2. The molecule has 1 aromatic rings. The average molecular weight is 294 g/mol. The molecule has 8 nitrogen and oxygen atoms in total. The molecule has 0 amide bonds. The molecular formula is C13H18N4O4. The van der Waals surface area contributed by atoms with Gasteiger partial charge in [-0.2, -0.15) is 0 Å². The molecule has 21 heavy (non-hydrogen) atoms. The Balaban J connectivity index is 2.96. The Labute approximate surface area is 122 Å². The maximum atomic E-state index is 11.7. The Morgan fingerprint density at radius 1 is 1.24 bits per heavy atom. The fraction of sp³-hybridized carbons (Fsp3) is 0.385. The molecule has 0 unspecified atom stereocenters. The first-order chi connectivity index (χ1) is 9.97. The van der Waals surface area contributed by atoms with Crippen molar-refractivity contribution in [2.24, 2.45) is 0 Å². The quantitative estimate of drug-likeness (QED) is 0.342. The van der Waals surface area contributed by atoms with Crippen molar-refractivity contribution in [2.75, 3.05) is 24.3 Å². The van der Waals surface area contributed by atoms with Crippen LogP contribution in [0.1, 0.15) is 19.7 Å². The van der Waals surface area contributed by atoms with Gasteiger partial charge in [0.15, 0.2) is 5.57 Å². The lowest BCUT2D eigenvalue weighted by atomic mass is 10.3. The second kappa shape index (κ2) is 7.83. The number of aryl methyl sites for hydroxylation is 1. The predicted molar refractivity (Wildman–Crippen MR) is 76.2 cm³/mol. The summed E-state index contributed by atoms with van der Waals surface area (Å²) in [5.74, 6) is -0.470. The third kappa shape index (κ3) is 5.09. The van der Waals surface area contributed by atoms with Crippen molar-refractivity contribution in [1.29, 1.82) is 0 Å². The van der Waals surface area contributed by atoms with Crippen molar-refractivity contribution in [3.8, 4) is 0 Å². The molecule has 0 saturated heterocycles. The lowest BCUT2D eigenvalue weighted by Crippen LogP contribution is -2.19. The summed E-state index contributed by atoms with van der Waals surface area (Å²) in [6, 6.07) is 1.47. The first-order valence-corrected chi connectivity index (χ1v) is 6.40. The van der Waals surface area contributed by atoms with Crippen LogP contribution >= 0.6 is 0 Å². The zero-order chi connectivity index (χ0) is 15.8. The summed E-state index contributed by atoms with van der Waals surface area (Å²) in [6.45, 7) is 5.25. The van der Waals surface area contributed by atoms with Gasteiger partial charge in [-0.1, -0.05) is 0 Å².